The molecule has 0 aliphatic heterocycles. The topological polar surface area (TPSA) is 29.9 Å². The van der Waals surface area contributed by atoms with Crippen LogP contribution < -0.4 is 5.32 Å². The highest BCUT2D eigenvalue weighted by atomic mass is 15.2. The number of imidazole rings is 1. The number of aromatic nitrogens is 2. The molecule has 0 bridgehead atoms. The lowest BCUT2D eigenvalue weighted by Crippen LogP contribution is -2.15. The minimum Gasteiger partial charge on any atom is -0.355 e. The van der Waals surface area contributed by atoms with E-state index in [-0.39, 0.29) is 0 Å². The molecule has 3 heteroatoms. The fourth-order valence-electron chi connectivity index (χ4n) is 1.80. The maximum atomic E-state index is 4.36. The van der Waals surface area contributed by atoms with Gasteiger partial charge in [-0.25, -0.2) is 4.98 Å². The molecule has 0 amide bonds. The van der Waals surface area contributed by atoms with Crippen molar-refractivity contribution in [1.82, 2.24) is 9.55 Å². The predicted octanol–water partition coefficient (Wildman–Crippen LogP) is 3.53. The van der Waals surface area contributed by atoms with Gasteiger partial charge in [0.2, 0.25) is 5.95 Å². The van der Waals surface area contributed by atoms with Crippen molar-refractivity contribution in [2.24, 2.45) is 5.92 Å². The Morgan fingerprint density at radius 3 is 2.69 bits per heavy atom. The molecule has 1 N–H and O–H groups in total. The molecule has 0 saturated carbocycles. The molecule has 1 rings (SSSR count). The normalized spacial score (nSPS) is 11.0. The third-order valence-corrected chi connectivity index (χ3v) is 3.17. The van der Waals surface area contributed by atoms with Crippen LogP contribution in [0.1, 0.15) is 46.5 Å². The molecule has 3 nitrogen and oxygen atoms in total. The second-order valence-corrected chi connectivity index (χ2v) is 4.36. The fourth-order valence-corrected chi connectivity index (χ4v) is 1.80. The van der Waals surface area contributed by atoms with Crippen molar-refractivity contribution < 1.29 is 0 Å². The van der Waals surface area contributed by atoms with Gasteiger partial charge in [0.1, 0.15) is 0 Å². The lowest BCUT2D eigenvalue weighted by molar-refractivity contribution is 0.515. The van der Waals surface area contributed by atoms with Crippen LogP contribution in [0.25, 0.3) is 0 Å². The number of hydrogen-bond acceptors (Lipinski definition) is 2. The molecule has 0 unspecified atom stereocenters. The highest BCUT2D eigenvalue weighted by Gasteiger charge is 2.06. The Morgan fingerprint density at radius 2 is 2.06 bits per heavy atom. The summed E-state index contributed by atoms with van der Waals surface area (Å²) in [7, 11) is 0. The van der Waals surface area contributed by atoms with Gasteiger partial charge in [0.05, 0.1) is 0 Å². The second-order valence-electron chi connectivity index (χ2n) is 4.36. The largest absolute Gasteiger partial charge is 0.355 e. The molecule has 0 fully saturated rings. The highest BCUT2D eigenvalue weighted by Crippen LogP contribution is 2.11. The molecule has 0 spiro atoms. The zero-order valence-electron chi connectivity index (χ0n) is 10.9. The van der Waals surface area contributed by atoms with Crippen molar-refractivity contribution in [3.05, 3.63) is 12.4 Å². The lowest BCUT2D eigenvalue weighted by atomic mass is 10.0. The molecule has 0 aliphatic carbocycles. The molecule has 0 aromatic carbocycles. The van der Waals surface area contributed by atoms with Crippen LogP contribution in [0.15, 0.2) is 12.4 Å². The van der Waals surface area contributed by atoms with E-state index in [1.165, 1.54) is 25.7 Å². The van der Waals surface area contributed by atoms with E-state index in [1.54, 1.807) is 0 Å². The Balaban J connectivity index is 2.43. The molecular weight excluding hydrogens is 198 g/mol. The highest BCUT2D eigenvalue weighted by molar-refractivity contribution is 5.25. The van der Waals surface area contributed by atoms with Crippen molar-refractivity contribution in [2.45, 2.75) is 53.0 Å². The molecule has 1 aromatic rings. The molecule has 0 saturated heterocycles. The van der Waals surface area contributed by atoms with Crippen molar-refractivity contribution in [1.29, 1.82) is 0 Å². The summed E-state index contributed by atoms with van der Waals surface area (Å²) in [5.41, 5.74) is 0. The standard InChI is InChI=1S/C13H25N3/c1-4-7-9-16-10-8-14-13(16)15-11-12(5-2)6-3/h8,10,12H,4-7,9,11H2,1-3H3,(H,14,15). The Labute approximate surface area is 99.3 Å². The van der Waals surface area contributed by atoms with E-state index in [0.29, 0.717) is 0 Å². The third-order valence-electron chi connectivity index (χ3n) is 3.17. The molecule has 1 aromatic heterocycles. The first kappa shape index (κ1) is 13.1. The molecule has 0 radical (unpaired) electrons. The minimum atomic E-state index is 0.760. The summed E-state index contributed by atoms with van der Waals surface area (Å²) in [5.74, 6) is 1.79. The van der Waals surface area contributed by atoms with Gasteiger partial charge in [-0.2, -0.15) is 0 Å². The number of nitrogens with zero attached hydrogens (tertiary/aromatic N) is 2. The van der Waals surface area contributed by atoms with Crippen LogP contribution in [0.3, 0.4) is 0 Å². The summed E-state index contributed by atoms with van der Waals surface area (Å²) in [5, 5.41) is 3.46. The van der Waals surface area contributed by atoms with Crippen molar-refractivity contribution in [2.75, 3.05) is 11.9 Å². The van der Waals surface area contributed by atoms with E-state index in [4.69, 9.17) is 0 Å². The van der Waals surface area contributed by atoms with Crippen LogP contribution in [0.5, 0.6) is 0 Å². The number of anilines is 1. The summed E-state index contributed by atoms with van der Waals surface area (Å²) >= 11 is 0. The molecule has 1 heterocycles. The third kappa shape index (κ3) is 3.87. The van der Waals surface area contributed by atoms with Crippen LogP contribution in [0.2, 0.25) is 0 Å². The van der Waals surface area contributed by atoms with Crippen LogP contribution in [-0.2, 0) is 6.54 Å². The lowest BCUT2D eigenvalue weighted by Gasteiger charge is -2.14. The average Bonchev–Trinajstić information content (AvgIpc) is 2.75. The Kier molecular flexibility index (Phi) is 5.98. The first-order valence-electron chi connectivity index (χ1n) is 6.56. The number of nitrogens with one attached hydrogen (secondary N) is 1. The van der Waals surface area contributed by atoms with Gasteiger partial charge in [-0.15, -0.1) is 0 Å². The van der Waals surface area contributed by atoms with Gasteiger partial charge in [-0.1, -0.05) is 40.0 Å². The van der Waals surface area contributed by atoms with Gasteiger partial charge in [0.15, 0.2) is 0 Å². The Morgan fingerprint density at radius 1 is 1.31 bits per heavy atom. The minimum absolute atomic E-state index is 0.760. The van der Waals surface area contributed by atoms with Crippen molar-refractivity contribution in [3.8, 4) is 0 Å². The van der Waals surface area contributed by atoms with Gasteiger partial charge in [-0.05, 0) is 12.3 Å². The molecule has 0 aliphatic rings. The molecule has 92 valence electrons. The zero-order valence-corrected chi connectivity index (χ0v) is 10.9. The summed E-state index contributed by atoms with van der Waals surface area (Å²) in [6.07, 6.45) is 8.86. The number of rotatable bonds is 8. The number of hydrogen-bond donors (Lipinski definition) is 1. The van der Waals surface area contributed by atoms with Gasteiger partial charge in [-0.3, -0.25) is 0 Å². The van der Waals surface area contributed by atoms with E-state index in [1.807, 2.05) is 6.20 Å². The summed E-state index contributed by atoms with van der Waals surface area (Å²) in [6.45, 7) is 8.82. The maximum absolute atomic E-state index is 4.36. The van der Waals surface area contributed by atoms with Crippen molar-refractivity contribution >= 4 is 5.95 Å². The molecule has 0 atom stereocenters. The van der Waals surface area contributed by atoms with E-state index in [0.717, 1.165) is 25.0 Å². The zero-order chi connectivity index (χ0) is 11.8. The predicted molar refractivity (Wildman–Crippen MR) is 69.7 cm³/mol. The number of unbranched alkanes of at least 4 members (excludes halogenated alkanes) is 1. The van der Waals surface area contributed by atoms with Crippen LogP contribution in [0, 0.1) is 5.92 Å². The van der Waals surface area contributed by atoms with E-state index in [2.05, 4.69) is 41.8 Å². The summed E-state index contributed by atoms with van der Waals surface area (Å²) in [6, 6.07) is 0. The SMILES string of the molecule is CCCCn1ccnc1NCC(CC)CC. The first-order chi connectivity index (χ1) is 7.81. The van der Waals surface area contributed by atoms with Gasteiger partial charge in [0, 0.05) is 25.5 Å². The Bertz CT molecular complexity index is 276. The average molecular weight is 223 g/mol. The molecule has 16 heavy (non-hydrogen) atoms. The first-order valence-corrected chi connectivity index (χ1v) is 6.56. The van der Waals surface area contributed by atoms with Crippen LogP contribution >= 0.6 is 0 Å². The van der Waals surface area contributed by atoms with Crippen molar-refractivity contribution in [3.63, 3.8) is 0 Å². The van der Waals surface area contributed by atoms with Gasteiger partial charge >= 0.3 is 0 Å². The summed E-state index contributed by atoms with van der Waals surface area (Å²) in [4.78, 5) is 4.36. The fraction of sp³-hybridized carbons (Fsp3) is 0.769. The van der Waals surface area contributed by atoms with Crippen LogP contribution in [0.4, 0.5) is 5.95 Å². The van der Waals surface area contributed by atoms with Gasteiger partial charge in [0.25, 0.3) is 0 Å². The van der Waals surface area contributed by atoms with Gasteiger partial charge < -0.3 is 9.88 Å². The second kappa shape index (κ2) is 7.31. The monoisotopic (exact) mass is 223 g/mol. The quantitative estimate of drug-likeness (QED) is 0.730. The van der Waals surface area contributed by atoms with E-state index < -0.39 is 0 Å². The van der Waals surface area contributed by atoms with Crippen LogP contribution in [-0.4, -0.2) is 16.1 Å². The van der Waals surface area contributed by atoms with E-state index in [9.17, 15) is 0 Å². The summed E-state index contributed by atoms with van der Waals surface area (Å²) < 4.78 is 2.21. The number of aryl methyl sites for hydroxylation is 1. The molecular formula is C13H25N3. The smallest absolute Gasteiger partial charge is 0.202 e. The maximum Gasteiger partial charge on any atom is 0.202 e. The van der Waals surface area contributed by atoms with E-state index >= 15 is 0 Å². The Hall–Kier alpha value is -0.990.